The Balaban J connectivity index is 1.66. The predicted octanol–water partition coefficient (Wildman–Crippen LogP) is 5.60. The number of hydrogen-bond acceptors (Lipinski definition) is 5. The maximum absolute atomic E-state index is 12.9. The van der Waals surface area contributed by atoms with Crippen molar-refractivity contribution in [2.75, 3.05) is 10.6 Å². The van der Waals surface area contributed by atoms with E-state index >= 15 is 0 Å². The summed E-state index contributed by atoms with van der Waals surface area (Å²) >= 11 is 7.28. The minimum Gasteiger partial charge on any atom is -0.326 e. The lowest BCUT2D eigenvalue weighted by molar-refractivity contribution is -0.119. The second-order valence-electron chi connectivity index (χ2n) is 7.42. The first-order valence-electron chi connectivity index (χ1n) is 10.5. The molecular formula is C23H26ClN5O2S. The summed E-state index contributed by atoms with van der Waals surface area (Å²) in [5.74, 6) is -0.423. The highest BCUT2D eigenvalue weighted by atomic mass is 35.5. The number of aromatic nitrogens is 2. The van der Waals surface area contributed by atoms with Gasteiger partial charge in [-0.2, -0.15) is 0 Å². The molecule has 0 bridgehead atoms. The predicted molar refractivity (Wildman–Crippen MR) is 130 cm³/mol. The van der Waals surface area contributed by atoms with Gasteiger partial charge < -0.3 is 10.6 Å². The Morgan fingerprint density at radius 2 is 1.81 bits per heavy atom. The van der Waals surface area contributed by atoms with Crippen molar-refractivity contribution in [1.82, 2.24) is 15.5 Å². The molecule has 3 amide bonds. The van der Waals surface area contributed by atoms with E-state index in [1.807, 2.05) is 50.2 Å². The summed E-state index contributed by atoms with van der Waals surface area (Å²) < 4.78 is 0. The number of halogens is 1. The van der Waals surface area contributed by atoms with Gasteiger partial charge in [-0.15, -0.1) is 10.2 Å². The van der Waals surface area contributed by atoms with Gasteiger partial charge in [-0.05, 0) is 42.2 Å². The van der Waals surface area contributed by atoms with Crippen LogP contribution in [-0.2, 0) is 11.2 Å². The average molecular weight is 472 g/mol. The van der Waals surface area contributed by atoms with Gasteiger partial charge in [-0.3, -0.25) is 10.1 Å². The number of carbonyl (C=O) groups is 2. The molecule has 0 aliphatic heterocycles. The molecule has 3 N–H and O–H groups in total. The number of carbonyl (C=O) groups excluding carboxylic acids is 2. The topological polar surface area (TPSA) is 96.0 Å². The first kappa shape index (κ1) is 23.7. The van der Waals surface area contributed by atoms with E-state index in [4.69, 9.17) is 11.6 Å². The first-order valence-corrected chi connectivity index (χ1v) is 11.7. The van der Waals surface area contributed by atoms with Gasteiger partial charge in [0, 0.05) is 16.3 Å². The maximum Gasteiger partial charge on any atom is 0.319 e. The average Bonchev–Trinajstić information content (AvgIpc) is 3.26. The number of aryl methyl sites for hydroxylation is 1. The van der Waals surface area contributed by atoms with E-state index in [1.54, 1.807) is 12.1 Å². The van der Waals surface area contributed by atoms with Gasteiger partial charge in [-0.25, -0.2) is 4.79 Å². The Morgan fingerprint density at radius 3 is 2.47 bits per heavy atom. The molecule has 2 atom stereocenters. The van der Waals surface area contributed by atoms with Gasteiger partial charge in [0.1, 0.15) is 11.0 Å². The van der Waals surface area contributed by atoms with Crippen LogP contribution in [0.1, 0.15) is 32.8 Å². The second-order valence-corrected chi connectivity index (χ2v) is 8.84. The lowest BCUT2D eigenvalue weighted by atomic mass is 9.98. The van der Waals surface area contributed by atoms with Gasteiger partial charge >= 0.3 is 6.03 Å². The molecule has 1 heterocycles. The number of benzene rings is 2. The van der Waals surface area contributed by atoms with Gasteiger partial charge in [0.2, 0.25) is 11.0 Å². The third-order valence-electron chi connectivity index (χ3n) is 5.13. The molecule has 0 fully saturated rings. The summed E-state index contributed by atoms with van der Waals surface area (Å²) in [5, 5.41) is 18.1. The minimum absolute atomic E-state index is 0.0801. The molecule has 0 saturated heterocycles. The standard InChI is InChI=1S/C23H26ClN5O2S/c1-4-14(3)19(26-22(31)25-18-11-9-15(5-2)10-12-18)20(30)27-23-29-28-21(32-23)16-7-6-8-17(24)13-16/h6-14,19H,4-5H2,1-3H3,(H2,25,26,31)(H,27,29,30)/t14-,19+/m1/s1. The molecular weight excluding hydrogens is 446 g/mol. The van der Waals surface area contributed by atoms with Gasteiger partial charge in [-0.1, -0.05) is 74.4 Å². The Hall–Kier alpha value is -2.97. The van der Waals surface area contributed by atoms with E-state index in [0.717, 1.165) is 12.0 Å². The van der Waals surface area contributed by atoms with E-state index in [-0.39, 0.29) is 11.8 Å². The zero-order chi connectivity index (χ0) is 23.1. The second kappa shape index (κ2) is 11.1. The molecule has 3 aromatic rings. The van der Waals surface area contributed by atoms with E-state index in [1.165, 1.54) is 16.9 Å². The molecule has 0 radical (unpaired) electrons. The zero-order valence-corrected chi connectivity index (χ0v) is 19.8. The third-order valence-corrected chi connectivity index (χ3v) is 6.25. The molecule has 168 valence electrons. The summed E-state index contributed by atoms with van der Waals surface area (Å²) in [7, 11) is 0. The van der Waals surface area contributed by atoms with Crippen LogP contribution in [0.15, 0.2) is 48.5 Å². The normalized spacial score (nSPS) is 12.6. The first-order chi connectivity index (χ1) is 15.4. The number of amides is 3. The largest absolute Gasteiger partial charge is 0.326 e. The lowest BCUT2D eigenvalue weighted by Gasteiger charge is -2.23. The van der Waals surface area contributed by atoms with Gasteiger partial charge in [0.25, 0.3) is 0 Å². The fraction of sp³-hybridized carbons (Fsp3) is 0.304. The molecule has 9 heteroatoms. The van der Waals surface area contributed by atoms with Crippen molar-refractivity contribution in [3.05, 3.63) is 59.1 Å². The molecule has 2 aromatic carbocycles. The number of hydrogen-bond donors (Lipinski definition) is 3. The van der Waals surface area contributed by atoms with E-state index in [9.17, 15) is 9.59 Å². The fourth-order valence-electron chi connectivity index (χ4n) is 3.03. The number of rotatable bonds is 8. The minimum atomic E-state index is -0.728. The summed E-state index contributed by atoms with van der Waals surface area (Å²) in [6, 6.07) is 13.7. The highest BCUT2D eigenvalue weighted by molar-refractivity contribution is 7.18. The highest BCUT2D eigenvalue weighted by Gasteiger charge is 2.27. The number of anilines is 2. The highest BCUT2D eigenvalue weighted by Crippen LogP contribution is 2.28. The molecule has 1 aromatic heterocycles. The van der Waals surface area contributed by atoms with Crippen LogP contribution < -0.4 is 16.0 Å². The van der Waals surface area contributed by atoms with Crippen LogP contribution in [0.4, 0.5) is 15.6 Å². The van der Waals surface area contributed by atoms with E-state index in [0.29, 0.717) is 27.3 Å². The molecule has 7 nitrogen and oxygen atoms in total. The van der Waals surface area contributed by atoms with Crippen LogP contribution in [0.25, 0.3) is 10.6 Å². The quantitative estimate of drug-likeness (QED) is 0.398. The summed E-state index contributed by atoms with van der Waals surface area (Å²) in [6.07, 6.45) is 1.64. The van der Waals surface area contributed by atoms with Crippen LogP contribution >= 0.6 is 22.9 Å². The fourth-order valence-corrected chi connectivity index (χ4v) is 3.96. The van der Waals surface area contributed by atoms with E-state index in [2.05, 4.69) is 33.1 Å². The number of nitrogens with zero attached hydrogens (tertiary/aromatic N) is 2. The molecule has 0 unspecified atom stereocenters. The molecule has 0 spiro atoms. The van der Waals surface area contributed by atoms with Gasteiger partial charge in [0.05, 0.1) is 0 Å². The smallest absolute Gasteiger partial charge is 0.319 e. The molecule has 3 rings (SSSR count). The van der Waals surface area contributed by atoms with Crippen LogP contribution in [0.2, 0.25) is 5.02 Å². The Morgan fingerprint density at radius 1 is 1.06 bits per heavy atom. The Labute approximate surface area is 196 Å². The van der Waals surface area contributed by atoms with Crippen LogP contribution in [0.3, 0.4) is 0 Å². The molecule has 0 saturated carbocycles. The van der Waals surface area contributed by atoms with E-state index < -0.39 is 12.1 Å². The van der Waals surface area contributed by atoms with Crippen LogP contribution in [-0.4, -0.2) is 28.2 Å². The molecule has 32 heavy (non-hydrogen) atoms. The molecule has 0 aliphatic carbocycles. The third kappa shape index (κ3) is 6.27. The van der Waals surface area contributed by atoms with Crippen LogP contribution in [0.5, 0.6) is 0 Å². The van der Waals surface area contributed by atoms with Crippen molar-refractivity contribution in [3.8, 4) is 10.6 Å². The van der Waals surface area contributed by atoms with Crippen molar-refractivity contribution < 1.29 is 9.59 Å². The SMILES string of the molecule is CCc1ccc(NC(=O)N[C@H](C(=O)Nc2nnc(-c3cccc(Cl)c3)s2)[C@H](C)CC)cc1. The Kier molecular flexibility index (Phi) is 8.19. The number of urea groups is 1. The summed E-state index contributed by atoms with van der Waals surface area (Å²) in [6.45, 7) is 5.95. The lowest BCUT2D eigenvalue weighted by Crippen LogP contribution is -2.49. The number of nitrogens with one attached hydrogen (secondary N) is 3. The summed E-state index contributed by atoms with van der Waals surface area (Å²) in [5.41, 5.74) is 2.67. The van der Waals surface area contributed by atoms with Crippen LogP contribution in [0, 0.1) is 5.92 Å². The molecule has 0 aliphatic rings. The zero-order valence-electron chi connectivity index (χ0n) is 18.2. The van der Waals surface area contributed by atoms with Crippen molar-refractivity contribution in [3.63, 3.8) is 0 Å². The van der Waals surface area contributed by atoms with Gasteiger partial charge in [0.15, 0.2) is 0 Å². The summed E-state index contributed by atoms with van der Waals surface area (Å²) in [4.78, 5) is 25.5. The Bertz CT molecular complexity index is 1070. The van der Waals surface area contributed by atoms with Crippen molar-refractivity contribution in [2.24, 2.45) is 5.92 Å². The van der Waals surface area contributed by atoms with Crippen molar-refractivity contribution in [1.29, 1.82) is 0 Å². The van der Waals surface area contributed by atoms with Crippen molar-refractivity contribution >= 4 is 45.7 Å². The monoisotopic (exact) mass is 471 g/mol. The maximum atomic E-state index is 12.9. The van der Waals surface area contributed by atoms with Crippen molar-refractivity contribution in [2.45, 2.75) is 39.7 Å².